The van der Waals surface area contributed by atoms with E-state index in [9.17, 15) is 9.50 Å². The molecule has 20 heavy (non-hydrogen) atoms. The van der Waals surface area contributed by atoms with Gasteiger partial charge in [0.2, 0.25) is 0 Å². The molecule has 0 saturated carbocycles. The number of rotatable bonds is 4. The van der Waals surface area contributed by atoms with Gasteiger partial charge in [0.25, 0.3) is 0 Å². The minimum atomic E-state index is -1.05. The number of aliphatic hydroxyl groups is 1. The number of ether oxygens (including phenoxy) is 1. The Hall–Kier alpha value is -1.58. The first-order valence-corrected chi connectivity index (χ1v) is 6.71. The van der Waals surface area contributed by atoms with Crippen LogP contribution in [0.4, 0.5) is 4.39 Å². The Bertz CT molecular complexity index is 601. The normalized spacial score (nSPS) is 13.8. The van der Waals surface area contributed by atoms with E-state index in [4.69, 9.17) is 16.3 Å². The highest BCUT2D eigenvalue weighted by Gasteiger charge is 2.21. The van der Waals surface area contributed by atoms with Crippen LogP contribution >= 0.6 is 11.6 Å². The van der Waals surface area contributed by atoms with Crippen molar-refractivity contribution in [2.45, 2.75) is 26.1 Å². The Labute approximate surface area is 122 Å². The van der Waals surface area contributed by atoms with Crippen molar-refractivity contribution < 1.29 is 14.2 Å². The predicted molar refractivity (Wildman–Crippen MR) is 77.6 cm³/mol. The molecule has 2 nitrogen and oxygen atoms in total. The number of aryl methyl sites for hydroxylation is 1. The molecule has 0 aromatic heterocycles. The molecule has 2 aromatic carbocycles. The Morgan fingerprint density at radius 1 is 1.20 bits per heavy atom. The maximum atomic E-state index is 13.7. The van der Waals surface area contributed by atoms with E-state index in [2.05, 4.69) is 0 Å². The first kappa shape index (κ1) is 14.8. The van der Waals surface area contributed by atoms with Crippen molar-refractivity contribution in [2.75, 3.05) is 0 Å². The molecule has 4 heteroatoms. The maximum absolute atomic E-state index is 13.7. The molecule has 1 N–H and O–H groups in total. The van der Waals surface area contributed by atoms with Crippen molar-refractivity contribution in [2.24, 2.45) is 0 Å². The summed E-state index contributed by atoms with van der Waals surface area (Å²) in [6.07, 6.45) is -1.64. The molecule has 0 aliphatic carbocycles. The average Bonchev–Trinajstić information content (AvgIpc) is 2.40. The predicted octanol–water partition coefficient (Wildman–Crippen LogP) is 4.29. The third-order valence-corrected chi connectivity index (χ3v) is 3.27. The first-order chi connectivity index (χ1) is 9.47. The first-order valence-electron chi connectivity index (χ1n) is 6.33. The molecule has 106 valence electrons. The minimum absolute atomic E-state index is 0.236. The second kappa shape index (κ2) is 6.25. The number of hydrogen-bond donors (Lipinski definition) is 1. The molecule has 2 aromatic rings. The zero-order valence-corrected chi connectivity index (χ0v) is 12.1. The Balaban J connectivity index is 2.16. The molecule has 0 aliphatic rings. The lowest BCUT2D eigenvalue weighted by atomic mass is 10.0. The minimum Gasteiger partial charge on any atom is -0.488 e. The van der Waals surface area contributed by atoms with E-state index < -0.39 is 18.0 Å². The summed E-state index contributed by atoms with van der Waals surface area (Å²) < 4.78 is 19.4. The number of aliphatic hydroxyl groups excluding tert-OH is 1. The molecular weight excluding hydrogens is 279 g/mol. The lowest BCUT2D eigenvalue weighted by molar-refractivity contribution is 0.0443. The van der Waals surface area contributed by atoms with Crippen LogP contribution in [0.15, 0.2) is 42.5 Å². The van der Waals surface area contributed by atoms with E-state index >= 15 is 0 Å². The summed E-state index contributed by atoms with van der Waals surface area (Å²) >= 11 is 5.87. The van der Waals surface area contributed by atoms with Gasteiger partial charge in [0, 0.05) is 10.6 Å². The zero-order valence-electron chi connectivity index (χ0n) is 11.3. The lowest BCUT2D eigenvalue weighted by Gasteiger charge is -2.21. The van der Waals surface area contributed by atoms with E-state index in [-0.39, 0.29) is 5.56 Å². The average molecular weight is 295 g/mol. The largest absolute Gasteiger partial charge is 0.488 e. The monoisotopic (exact) mass is 294 g/mol. The fraction of sp³-hybridized carbons (Fsp3) is 0.250. The Morgan fingerprint density at radius 3 is 2.65 bits per heavy atom. The third kappa shape index (κ3) is 3.50. The van der Waals surface area contributed by atoms with Gasteiger partial charge >= 0.3 is 0 Å². The third-order valence-electron chi connectivity index (χ3n) is 3.03. The van der Waals surface area contributed by atoms with Crippen LogP contribution in [0.5, 0.6) is 5.75 Å². The van der Waals surface area contributed by atoms with E-state index in [0.717, 1.165) is 5.56 Å². The second-order valence-electron chi connectivity index (χ2n) is 4.75. The van der Waals surface area contributed by atoms with Gasteiger partial charge in [-0.3, -0.25) is 0 Å². The molecule has 0 spiro atoms. The van der Waals surface area contributed by atoms with Crippen LogP contribution < -0.4 is 4.74 Å². The number of hydrogen-bond acceptors (Lipinski definition) is 2. The van der Waals surface area contributed by atoms with Crippen molar-refractivity contribution in [3.63, 3.8) is 0 Å². The molecule has 2 rings (SSSR count). The van der Waals surface area contributed by atoms with Crippen LogP contribution in [-0.2, 0) is 0 Å². The quantitative estimate of drug-likeness (QED) is 0.911. The van der Waals surface area contributed by atoms with Crippen LogP contribution in [0.2, 0.25) is 5.02 Å². The van der Waals surface area contributed by atoms with Gasteiger partial charge in [0.15, 0.2) is 0 Å². The van der Waals surface area contributed by atoms with Crippen molar-refractivity contribution in [3.8, 4) is 5.75 Å². The van der Waals surface area contributed by atoms with Gasteiger partial charge in [-0.2, -0.15) is 0 Å². The molecule has 0 saturated heterocycles. The van der Waals surface area contributed by atoms with Gasteiger partial charge in [-0.15, -0.1) is 0 Å². The summed E-state index contributed by atoms with van der Waals surface area (Å²) in [4.78, 5) is 0. The van der Waals surface area contributed by atoms with Gasteiger partial charge in [-0.05, 0) is 38.1 Å². The summed E-state index contributed by atoms with van der Waals surface area (Å²) in [5.74, 6) is 0.0988. The highest BCUT2D eigenvalue weighted by molar-refractivity contribution is 6.30. The van der Waals surface area contributed by atoms with Crippen LogP contribution in [-0.4, -0.2) is 11.2 Å². The lowest BCUT2D eigenvalue weighted by Crippen LogP contribution is -2.22. The number of benzene rings is 2. The molecule has 0 heterocycles. The van der Waals surface area contributed by atoms with E-state index in [1.54, 1.807) is 43.3 Å². The summed E-state index contributed by atoms with van der Waals surface area (Å²) in [6, 6.07) is 11.5. The highest BCUT2D eigenvalue weighted by Crippen LogP contribution is 2.26. The van der Waals surface area contributed by atoms with Crippen molar-refractivity contribution in [1.82, 2.24) is 0 Å². The molecule has 0 radical (unpaired) electrons. The van der Waals surface area contributed by atoms with Crippen LogP contribution in [0.25, 0.3) is 0 Å². The summed E-state index contributed by atoms with van der Waals surface area (Å²) in [5.41, 5.74) is 1.12. The van der Waals surface area contributed by atoms with Crippen LogP contribution in [0.1, 0.15) is 24.2 Å². The van der Waals surface area contributed by atoms with Crippen molar-refractivity contribution in [3.05, 3.63) is 64.4 Å². The van der Waals surface area contributed by atoms with Gasteiger partial charge in [0.05, 0.1) is 0 Å². The molecule has 2 atom stereocenters. The highest BCUT2D eigenvalue weighted by atomic mass is 35.5. The molecule has 0 aliphatic heterocycles. The van der Waals surface area contributed by atoms with Gasteiger partial charge in [-0.1, -0.05) is 35.4 Å². The SMILES string of the molecule is Cc1ccc(F)c(C(O)C(C)Oc2cccc(Cl)c2)c1. The molecule has 0 bridgehead atoms. The Morgan fingerprint density at radius 2 is 1.95 bits per heavy atom. The molecule has 0 amide bonds. The van der Waals surface area contributed by atoms with Gasteiger partial charge in [-0.25, -0.2) is 4.39 Å². The maximum Gasteiger partial charge on any atom is 0.129 e. The standard InChI is InChI=1S/C16H16ClFO2/c1-10-6-7-15(18)14(8-10)16(19)11(2)20-13-5-3-4-12(17)9-13/h3-9,11,16,19H,1-2H3. The van der Waals surface area contributed by atoms with Crippen LogP contribution in [0, 0.1) is 12.7 Å². The van der Waals surface area contributed by atoms with Gasteiger partial charge in [0.1, 0.15) is 23.8 Å². The molecule has 2 unspecified atom stereocenters. The van der Waals surface area contributed by atoms with E-state index in [1.807, 2.05) is 6.92 Å². The van der Waals surface area contributed by atoms with E-state index in [0.29, 0.717) is 10.8 Å². The summed E-state index contributed by atoms with van der Waals surface area (Å²) in [6.45, 7) is 3.53. The fourth-order valence-corrected chi connectivity index (χ4v) is 2.14. The summed E-state index contributed by atoms with van der Waals surface area (Å²) in [5, 5.41) is 10.8. The fourth-order valence-electron chi connectivity index (χ4n) is 1.96. The summed E-state index contributed by atoms with van der Waals surface area (Å²) in [7, 11) is 0. The molecular formula is C16H16ClFO2. The second-order valence-corrected chi connectivity index (χ2v) is 5.19. The van der Waals surface area contributed by atoms with Crippen molar-refractivity contribution >= 4 is 11.6 Å². The van der Waals surface area contributed by atoms with Crippen LogP contribution in [0.3, 0.4) is 0 Å². The van der Waals surface area contributed by atoms with Gasteiger partial charge < -0.3 is 9.84 Å². The number of halogens is 2. The molecule has 0 fully saturated rings. The van der Waals surface area contributed by atoms with Crippen molar-refractivity contribution in [1.29, 1.82) is 0 Å². The van der Waals surface area contributed by atoms with E-state index in [1.165, 1.54) is 6.07 Å². The topological polar surface area (TPSA) is 29.5 Å². The smallest absolute Gasteiger partial charge is 0.129 e. The Kier molecular flexibility index (Phi) is 4.63. The zero-order chi connectivity index (χ0) is 14.7.